The van der Waals surface area contributed by atoms with Gasteiger partial charge in [-0.1, -0.05) is 5.16 Å². The Labute approximate surface area is 170 Å². The molecule has 0 spiro atoms. The molecule has 0 saturated carbocycles. The first kappa shape index (κ1) is 19.1. The van der Waals surface area contributed by atoms with Crippen molar-refractivity contribution in [1.82, 2.24) is 20.0 Å². The van der Waals surface area contributed by atoms with E-state index in [1.54, 1.807) is 12.5 Å². The molecule has 0 radical (unpaired) electrons. The number of hydrogen-bond acceptors (Lipinski definition) is 6. The number of aryl methyl sites for hydroxylation is 1. The van der Waals surface area contributed by atoms with Crippen LogP contribution >= 0.6 is 0 Å². The summed E-state index contributed by atoms with van der Waals surface area (Å²) in [5.74, 6) is 1.04. The smallest absolute Gasteiger partial charge is 0.253 e. The van der Waals surface area contributed by atoms with Crippen LogP contribution in [0.3, 0.4) is 0 Å². The van der Waals surface area contributed by atoms with Crippen molar-refractivity contribution in [2.24, 2.45) is 0 Å². The van der Waals surface area contributed by atoms with Crippen molar-refractivity contribution < 1.29 is 9.32 Å². The molecule has 150 valence electrons. The van der Waals surface area contributed by atoms with Gasteiger partial charge in [0.2, 0.25) is 0 Å². The Morgan fingerprint density at radius 2 is 1.90 bits per heavy atom. The topological polar surface area (TPSA) is 75.4 Å². The van der Waals surface area contributed by atoms with Gasteiger partial charge in [0.25, 0.3) is 5.91 Å². The van der Waals surface area contributed by atoms with Crippen LogP contribution in [0.4, 0.5) is 5.69 Å². The van der Waals surface area contributed by atoms with Gasteiger partial charge in [0.05, 0.1) is 17.0 Å². The normalized spacial score (nSPS) is 14.8. The van der Waals surface area contributed by atoms with E-state index in [1.807, 2.05) is 61.2 Å². The summed E-state index contributed by atoms with van der Waals surface area (Å²) in [5.41, 5.74) is 4.50. The van der Waals surface area contributed by atoms with Gasteiger partial charge in [-0.3, -0.25) is 4.79 Å². The average Bonchev–Trinajstić information content (AvgIpc) is 3.19. The molecule has 4 rings (SSSR count). The molecule has 1 aromatic carbocycles. The van der Waals surface area contributed by atoms with Crippen LogP contribution in [0, 0.1) is 6.92 Å². The van der Waals surface area contributed by atoms with Crippen molar-refractivity contribution in [3.05, 3.63) is 59.8 Å². The maximum Gasteiger partial charge on any atom is 0.253 e. The number of likely N-dealkylation sites (tertiary alicyclic amines) is 1. The van der Waals surface area contributed by atoms with Crippen LogP contribution in [0.25, 0.3) is 11.3 Å². The van der Waals surface area contributed by atoms with Gasteiger partial charge in [-0.15, -0.1) is 0 Å². The van der Waals surface area contributed by atoms with E-state index in [9.17, 15) is 4.79 Å². The number of anilines is 1. The van der Waals surface area contributed by atoms with Gasteiger partial charge >= 0.3 is 0 Å². The highest BCUT2D eigenvalue weighted by atomic mass is 16.5. The summed E-state index contributed by atoms with van der Waals surface area (Å²) in [6.07, 6.45) is 5.08. The van der Waals surface area contributed by atoms with Crippen LogP contribution < -0.4 is 4.90 Å². The summed E-state index contributed by atoms with van der Waals surface area (Å²) < 4.78 is 5.43. The zero-order valence-corrected chi connectivity index (χ0v) is 17.0. The average molecular weight is 391 g/mol. The quantitative estimate of drug-likeness (QED) is 0.677. The number of carbonyl (C=O) groups excluding carboxylic acids is 1. The number of nitrogens with zero attached hydrogens (tertiary/aromatic N) is 5. The van der Waals surface area contributed by atoms with E-state index >= 15 is 0 Å². The minimum absolute atomic E-state index is 0.0857. The summed E-state index contributed by atoms with van der Waals surface area (Å²) in [5, 5.41) is 3.98. The third kappa shape index (κ3) is 3.99. The Bertz CT molecular complexity index is 988. The molecule has 7 nitrogen and oxygen atoms in total. The minimum atomic E-state index is 0.0857. The SMILES string of the molecule is Cc1cc(-c2cncnc2C2CCN(C(=O)c3ccc(N(C)C)cc3)CC2)on1. The molecule has 0 bridgehead atoms. The molecular weight excluding hydrogens is 366 g/mol. The van der Waals surface area contributed by atoms with Gasteiger partial charge in [-0.25, -0.2) is 9.97 Å². The molecule has 1 saturated heterocycles. The van der Waals surface area contributed by atoms with E-state index in [4.69, 9.17) is 4.52 Å². The molecule has 3 aromatic rings. The first-order valence-corrected chi connectivity index (χ1v) is 9.83. The number of rotatable bonds is 4. The molecule has 0 atom stereocenters. The second-order valence-electron chi connectivity index (χ2n) is 7.66. The summed E-state index contributed by atoms with van der Waals surface area (Å²) in [7, 11) is 3.98. The summed E-state index contributed by atoms with van der Waals surface area (Å²) in [4.78, 5) is 25.5. The number of carbonyl (C=O) groups is 1. The zero-order valence-electron chi connectivity index (χ0n) is 17.0. The molecule has 0 aliphatic carbocycles. The van der Waals surface area contributed by atoms with E-state index < -0.39 is 0 Å². The molecule has 29 heavy (non-hydrogen) atoms. The number of hydrogen-bond donors (Lipinski definition) is 0. The highest BCUT2D eigenvalue weighted by molar-refractivity contribution is 5.94. The molecule has 0 unspecified atom stereocenters. The largest absolute Gasteiger partial charge is 0.378 e. The maximum absolute atomic E-state index is 12.9. The monoisotopic (exact) mass is 391 g/mol. The van der Waals surface area contributed by atoms with E-state index in [-0.39, 0.29) is 11.8 Å². The standard InChI is InChI=1S/C22H25N5O2/c1-15-12-20(29-25-15)19-13-23-14-24-21(19)16-8-10-27(11-9-16)22(28)17-4-6-18(7-5-17)26(2)3/h4-7,12-14,16H,8-11H2,1-3H3. The fraction of sp³-hybridized carbons (Fsp3) is 0.364. The lowest BCUT2D eigenvalue weighted by Crippen LogP contribution is -2.38. The molecule has 1 fully saturated rings. The van der Waals surface area contributed by atoms with Gasteiger partial charge < -0.3 is 14.3 Å². The second-order valence-corrected chi connectivity index (χ2v) is 7.66. The molecule has 1 aliphatic rings. The van der Waals surface area contributed by atoms with Crippen LogP contribution in [0.5, 0.6) is 0 Å². The van der Waals surface area contributed by atoms with Crippen LogP contribution in [0.1, 0.15) is 40.5 Å². The number of benzene rings is 1. The molecular formula is C22H25N5O2. The lowest BCUT2D eigenvalue weighted by molar-refractivity contribution is 0.0712. The van der Waals surface area contributed by atoms with Crippen LogP contribution in [-0.2, 0) is 0 Å². The zero-order chi connectivity index (χ0) is 20.4. The van der Waals surface area contributed by atoms with Crippen molar-refractivity contribution in [2.45, 2.75) is 25.7 Å². The Kier molecular flexibility index (Phi) is 5.29. The van der Waals surface area contributed by atoms with Crippen LogP contribution in [0.15, 0.2) is 47.4 Å². The third-order valence-electron chi connectivity index (χ3n) is 5.44. The second kappa shape index (κ2) is 8.03. The number of amides is 1. The van der Waals surface area contributed by atoms with E-state index in [1.165, 1.54) is 0 Å². The molecule has 1 aliphatic heterocycles. The van der Waals surface area contributed by atoms with Gasteiger partial charge in [0.15, 0.2) is 5.76 Å². The lowest BCUT2D eigenvalue weighted by atomic mass is 9.90. The first-order chi connectivity index (χ1) is 14.0. The summed E-state index contributed by atoms with van der Waals surface area (Å²) >= 11 is 0. The Balaban J connectivity index is 1.45. The molecule has 2 aromatic heterocycles. The van der Waals surface area contributed by atoms with Crippen molar-refractivity contribution >= 4 is 11.6 Å². The Morgan fingerprint density at radius 1 is 1.17 bits per heavy atom. The van der Waals surface area contributed by atoms with E-state index in [0.717, 1.165) is 41.0 Å². The van der Waals surface area contributed by atoms with Crippen molar-refractivity contribution in [2.75, 3.05) is 32.1 Å². The highest BCUT2D eigenvalue weighted by Gasteiger charge is 2.28. The van der Waals surface area contributed by atoms with Gasteiger partial charge in [-0.2, -0.15) is 0 Å². The number of aromatic nitrogens is 3. The fourth-order valence-electron chi connectivity index (χ4n) is 3.79. The fourth-order valence-corrected chi connectivity index (χ4v) is 3.79. The van der Waals surface area contributed by atoms with Gasteiger partial charge in [0, 0.05) is 56.6 Å². The maximum atomic E-state index is 12.9. The van der Waals surface area contributed by atoms with Crippen molar-refractivity contribution in [1.29, 1.82) is 0 Å². The van der Waals surface area contributed by atoms with E-state index in [0.29, 0.717) is 18.8 Å². The Morgan fingerprint density at radius 3 is 2.52 bits per heavy atom. The third-order valence-corrected chi connectivity index (χ3v) is 5.44. The predicted octanol–water partition coefficient (Wildman–Crippen LogP) is 3.53. The van der Waals surface area contributed by atoms with Crippen LogP contribution in [0.2, 0.25) is 0 Å². The van der Waals surface area contributed by atoms with Crippen LogP contribution in [-0.4, -0.2) is 53.1 Å². The first-order valence-electron chi connectivity index (χ1n) is 9.83. The minimum Gasteiger partial charge on any atom is -0.378 e. The lowest BCUT2D eigenvalue weighted by Gasteiger charge is -2.32. The van der Waals surface area contributed by atoms with Gasteiger partial charge in [-0.05, 0) is 44.0 Å². The summed E-state index contributed by atoms with van der Waals surface area (Å²) in [6.45, 7) is 3.31. The Hall–Kier alpha value is -3.22. The highest BCUT2D eigenvalue weighted by Crippen LogP contribution is 2.34. The van der Waals surface area contributed by atoms with Crippen molar-refractivity contribution in [3.63, 3.8) is 0 Å². The predicted molar refractivity (Wildman–Crippen MR) is 111 cm³/mol. The molecule has 1 amide bonds. The molecule has 7 heteroatoms. The number of piperidine rings is 1. The van der Waals surface area contributed by atoms with Crippen molar-refractivity contribution in [3.8, 4) is 11.3 Å². The summed E-state index contributed by atoms with van der Waals surface area (Å²) in [6, 6.07) is 9.66. The van der Waals surface area contributed by atoms with E-state index in [2.05, 4.69) is 15.1 Å². The van der Waals surface area contributed by atoms with Gasteiger partial charge in [0.1, 0.15) is 6.33 Å². The molecule has 0 N–H and O–H groups in total. The molecule has 3 heterocycles.